The summed E-state index contributed by atoms with van der Waals surface area (Å²) in [5.41, 5.74) is 3.04. The lowest BCUT2D eigenvalue weighted by atomic mass is 9.78. The van der Waals surface area contributed by atoms with Gasteiger partial charge in [-0.3, -0.25) is 0 Å². The Kier molecular flexibility index (Phi) is 4.60. The van der Waals surface area contributed by atoms with Crippen molar-refractivity contribution in [3.63, 3.8) is 0 Å². The Morgan fingerprint density at radius 1 is 1.42 bits per heavy atom. The lowest BCUT2D eigenvalue weighted by Crippen LogP contribution is -2.21. The second-order valence-corrected chi connectivity index (χ2v) is 7.35. The van der Waals surface area contributed by atoms with Gasteiger partial charge in [0, 0.05) is 10.4 Å². The van der Waals surface area contributed by atoms with Crippen LogP contribution in [0, 0.1) is 18.3 Å². The first kappa shape index (κ1) is 14.9. The molecule has 106 valence electrons. The van der Waals surface area contributed by atoms with Gasteiger partial charge in [0.1, 0.15) is 5.75 Å². The zero-order valence-corrected chi connectivity index (χ0v) is 14.1. The highest BCUT2D eigenvalue weighted by atomic mass is 79.9. The van der Waals surface area contributed by atoms with E-state index in [-0.39, 0.29) is 0 Å². The summed E-state index contributed by atoms with van der Waals surface area (Å²) in [4.78, 5) is 0.395. The minimum atomic E-state index is 0.395. The molecule has 1 saturated carbocycles. The van der Waals surface area contributed by atoms with Gasteiger partial charge in [0.05, 0.1) is 6.61 Å². The van der Waals surface area contributed by atoms with E-state index in [4.69, 9.17) is 4.74 Å². The molecule has 2 unspecified atom stereocenters. The number of rotatable bonds is 4. The Balaban J connectivity index is 2.32. The van der Waals surface area contributed by atoms with Crippen LogP contribution < -0.4 is 4.74 Å². The van der Waals surface area contributed by atoms with Gasteiger partial charge in [-0.2, -0.15) is 0 Å². The van der Waals surface area contributed by atoms with E-state index in [0.29, 0.717) is 16.2 Å². The minimum Gasteiger partial charge on any atom is -0.494 e. The van der Waals surface area contributed by atoms with Crippen molar-refractivity contribution in [1.82, 2.24) is 0 Å². The summed E-state index contributed by atoms with van der Waals surface area (Å²) in [5.74, 6) is 1.73. The molecule has 1 aromatic rings. The van der Waals surface area contributed by atoms with E-state index in [9.17, 15) is 0 Å². The van der Waals surface area contributed by atoms with E-state index >= 15 is 0 Å². The van der Waals surface area contributed by atoms with Crippen LogP contribution in [0.5, 0.6) is 5.75 Å². The monoisotopic (exact) mass is 324 g/mol. The molecular formula is C17H25BrO. The van der Waals surface area contributed by atoms with E-state index in [2.05, 4.69) is 54.9 Å². The van der Waals surface area contributed by atoms with Gasteiger partial charge in [0.2, 0.25) is 0 Å². The minimum absolute atomic E-state index is 0.395. The molecule has 1 aliphatic rings. The summed E-state index contributed by atoms with van der Waals surface area (Å²) in [6.07, 6.45) is 3.98. The Hall–Kier alpha value is -0.500. The van der Waals surface area contributed by atoms with Crippen LogP contribution in [0.15, 0.2) is 18.2 Å². The van der Waals surface area contributed by atoms with E-state index in [1.54, 1.807) is 0 Å². The molecular weight excluding hydrogens is 300 g/mol. The molecule has 2 atom stereocenters. The van der Waals surface area contributed by atoms with Gasteiger partial charge in [-0.05, 0) is 44.1 Å². The largest absolute Gasteiger partial charge is 0.494 e. The first-order chi connectivity index (χ1) is 8.95. The Labute approximate surface area is 125 Å². The number of hydrogen-bond donors (Lipinski definition) is 0. The van der Waals surface area contributed by atoms with Gasteiger partial charge in [-0.25, -0.2) is 0 Å². The van der Waals surface area contributed by atoms with Crippen molar-refractivity contribution in [3.05, 3.63) is 29.3 Å². The number of hydrogen-bond acceptors (Lipinski definition) is 1. The highest BCUT2D eigenvalue weighted by Gasteiger charge is 2.39. The predicted octanol–water partition coefficient (Wildman–Crippen LogP) is 5.66. The summed E-state index contributed by atoms with van der Waals surface area (Å²) >= 11 is 3.96. The second kappa shape index (κ2) is 5.87. The standard InChI is InChI=1S/C17H25BrO/c1-5-19-15-9-8-12(2)11-13(15)16(18)14-7-6-10-17(14,3)4/h8-9,11,14,16H,5-7,10H2,1-4H3. The smallest absolute Gasteiger partial charge is 0.123 e. The highest BCUT2D eigenvalue weighted by Crippen LogP contribution is 2.53. The lowest BCUT2D eigenvalue weighted by molar-refractivity contribution is 0.253. The van der Waals surface area contributed by atoms with Crippen LogP contribution in [0.25, 0.3) is 0 Å². The third kappa shape index (κ3) is 3.16. The molecule has 0 N–H and O–H groups in total. The fourth-order valence-corrected chi connectivity index (χ4v) is 4.62. The third-order valence-electron chi connectivity index (χ3n) is 4.46. The summed E-state index contributed by atoms with van der Waals surface area (Å²) in [7, 11) is 0. The SMILES string of the molecule is CCOc1ccc(C)cc1C(Br)C1CCCC1(C)C. The first-order valence-electron chi connectivity index (χ1n) is 7.33. The average Bonchev–Trinajstić information content (AvgIpc) is 2.70. The van der Waals surface area contributed by atoms with Crippen LogP contribution in [0.1, 0.15) is 56.0 Å². The number of benzene rings is 1. The van der Waals surface area contributed by atoms with Crippen molar-refractivity contribution >= 4 is 15.9 Å². The van der Waals surface area contributed by atoms with Gasteiger partial charge in [-0.1, -0.05) is 53.9 Å². The van der Waals surface area contributed by atoms with Crippen LogP contribution in [-0.4, -0.2) is 6.61 Å². The van der Waals surface area contributed by atoms with Gasteiger partial charge >= 0.3 is 0 Å². The summed E-state index contributed by atoms with van der Waals surface area (Å²) in [6.45, 7) is 9.72. The van der Waals surface area contributed by atoms with Crippen LogP contribution in [0.2, 0.25) is 0 Å². The Bertz CT molecular complexity index is 439. The molecule has 1 aromatic carbocycles. The second-order valence-electron chi connectivity index (χ2n) is 6.36. The molecule has 1 aliphatic carbocycles. The number of halogens is 1. The van der Waals surface area contributed by atoms with Crippen LogP contribution in [-0.2, 0) is 0 Å². The zero-order valence-electron chi connectivity index (χ0n) is 12.5. The number of aryl methyl sites for hydroxylation is 1. The fraction of sp³-hybridized carbons (Fsp3) is 0.647. The molecule has 2 rings (SSSR count). The lowest BCUT2D eigenvalue weighted by Gasteiger charge is -2.32. The molecule has 0 aliphatic heterocycles. The molecule has 1 fully saturated rings. The molecule has 0 amide bonds. The molecule has 0 spiro atoms. The van der Waals surface area contributed by atoms with E-state index in [1.165, 1.54) is 30.4 Å². The van der Waals surface area contributed by atoms with Gasteiger partial charge in [-0.15, -0.1) is 0 Å². The molecule has 2 heteroatoms. The molecule has 0 heterocycles. The Morgan fingerprint density at radius 2 is 2.16 bits per heavy atom. The number of alkyl halides is 1. The van der Waals surface area contributed by atoms with E-state index in [0.717, 1.165) is 12.4 Å². The average molecular weight is 325 g/mol. The summed E-state index contributed by atoms with van der Waals surface area (Å²) < 4.78 is 5.81. The molecule has 0 radical (unpaired) electrons. The Morgan fingerprint density at radius 3 is 2.74 bits per heavy atom. The van der Waals surface area contributed by atoms with Crippen LogP contribution >= 0.6 is 15.9 Å². The molecule has 0 bridgehead atoms. The third-order valence-corrected chi connectivity index (χ3v) is 5.59. The quantitative estimate of drug-likeness (QED) is 0.649. The first-order valence-corrected chi connectivity index (χ1v) is 8.24. The van der Waals surface area contributed by atoms with Crippen molar-refractivity contribution in [2.75, 3.05) is 6.61 Å². The molecule has 0 aromatic heterocycles. The van der Waals surface area contributed by atoms with Crippen molar-refractivity contribution in [2.24, 2.45) is 11.3 Å². The van der Waals surface area contributed by atoms with Crippen molar-refractivity contribution in [1.29, 1.82) is 0 Å². The van der Waals surface area contributed by atoms with Crippen LogP contribution in [0.3, 0.4) is 0 Å². The molecule has 1 nitrogen and oxygen atoms in total. The van der Waals surface area contributed by atoms with Crippen LogP contribution in [0.4, 0.5) is 0 Å². The van der Waals surface area contributed by atoms with Gasteiger partial charge in [0.15, 0.2) is 0 Å². The zero-order chi connectivity index (χ0) is 14.0. The maximum atomic E-state index is 5.81. The molecule has 19 heavy (non-hydrogen) atoms. The van der Waals surface area contributed by atoms with Crippen molar-refractivity contribution in [3.8, 4) is 5.75 Å². The van der Waals surface area contributed by atoms with Gasteiger partial charge in [0.25, 0.3) is 0 Å². The fourth-order valence-electron chi connectivity index (χ4n) is 3.28. The number of ether oxygens (including phenoxy) is 1. The summed E-state index contributed by atoms with van der Waals surface area (Å²) in [5, 5.41) is 0. The van der Waals surface area contributed by atoms with Gasteiger partial charge < -0.3 is 4.74 Å². The molecule has 0 saturated heterocycles. The maximum absolute atomic E-state index is 5.81. The van der Waals surface area contributed by atoms with E-state index in [1.807, 2.05) is 6.92 Å². The summed E-state index contributed by atoms with van der Waals surface area (Å²) in [6, 6.07) is 6.52. The highest BCUT2D eigenvalue weighted by molar-refractivity contribution is 9.09. The normalized spacial score (nSPS) is 23.3. The topological polar surface area (TPSA) is 9.23 Å². The van der Waals surface area contributed by atoms with E-state index < -0.39 is 0 Å². The maximum Gasteiger partial charge on any atom is 0.123 e. The predicted molar refractivity (Wildman–Crippen MR) is 85.1 cm³/mol. The van der Waals surface area contributed by atoms with Crippen molar-refractivity contribution < 1.29 is 4.74 Å². The van der Waals surface area contributed by atoms with Crippen molar-refractivity contribution in [2.45, 2.75) is 51.8 Å².